The van der Waals surface area contributed by atoms with Crippen molar-refractivity contribution in [1.82, 2.24) is 14.5 Å². The van der Waals surface area contributed by atoms with Crippen molar-refractivity contribution < 1.29 is 4.39 Å². The maximum absolute atomic E-state index is 14.3. The second-order valence-corrected chi connectivity index (χ2v) is 5.60. The molecule has 22 heavy (non-hydrogen) atoms. The first-order valence-corrected chi connectivity index (χ1v) is 7.09. The lowest BCUT2D eigenvalue weighted by molar-refractivity contribution is 0.617. The molecule has 4 nitrogen and oxygen atoms in total. The van der Waals surface area contributed by atoms with E-state index in [0.717, 1.165) is 5.69 Å². The normalized spacial score (nSPS) is 11.1. The van der Waals surface area contributed by atoms with Gasteiger partial charge in [-0.1, -0.05) is 11.6 Å². The van der Waals surface area contributed by atoms with Crippen molar-refractivity contribution in [3.63, 3.8) is 0 Å². The molecule has 3 aromatic rings. The van der Waals surface area contributed by atoms with Gasteiger partial charge in [-0.05, 0) is 45.0 Å². The van der Waals surface area contributed by atoms with E-state index in [9.17, 15) is 9.18 Å². The van der Waals surface area contributed by atoms with E-state index in [2.05, 4.69) is 9.97 Å². The second-order valence-electron chi connectivity index (χ2n) is 5.17. The third-order valence-electron chi connectivity index (χ3n) is 3.57. The van der Waals surface area contributed by atoms with E-state index in [0.29, 0.717) is 22.4 Å². The summed E-state index contributed by atoms with van der Waals surface area (Å²) in [6.07, 6.45) is 0. The van der Waals surface area contributed by atoms with E-state index in [-0.39, 0.29) is 16.3 Å². The van der Waals surface area contributed by atoms with Gasteiger partial charge in [0.25, 0.3) is 5.56 Å². The van der Waals surface area contributed by atoms with E-state index in [1.165, 1.54) is 22.8 Å². The smallest absolute Gasteiger partial charge is 0.259 e. The van der Waals surface area contributed by atoms with Crippen molar-refractivity contribution in [1.29, 1.82) is 0 Å². The predicted molar refractivity (Wildman–Crippen MR) is 84.3 cm³/mol. The van der Waals surface area contributed by atoms with Gasteiger partial charge in [0.1, 0.15) is 11.3 Å². The highest BCUT2D eigenvalue weighted by Crippen LogP contribution is 2.21. The van der Waals surface area contributed by atoms with Crippen molar-refractivity contribution >= 4 is 22.8 Å². The summed E-state index contributed by atoms with van der Waals surface area (Å²) in [5, 5.41) is 0.268. The molecular formula is C16H13ClFN3O. The molecule has 0 aliphatic rings. The third-order valence-corrected chi connectivity index (χ3v) is 3.81. The summed E-state index contributed by atoms with van der Waals surface area (Å²) in [4.78, 5) is 21.4. The lowest BCUT2D eigenvalue weighted by Gasteiger charge is -2.13. The topological polar surface area (TPSA) is 47.8 Å². The summed E-state index contributed by atoms with van der Waals surface area (Å²) in [6, 6.07) is 5.84. The van der Waals surface area contributed by atoms with Gasteiger partial charge in [-0.15, -0.1) is 0 Å². The van der Waals surface area contributed by atoms with Crippen LogP contribution in [0.15, 0.2) is 29.1 Å². The Labute approximate surface area is 131 Å². The van der Waals surface area contributed by atoms with Gasteiger partial charge in [0.15, 0.2) is 5.65 Å². The molecule has 0 aliphatic heterocycles. The van der Waals surface area contributed by atoms with Gasteiger partial charge in [-0.25, -0.2) is 14.4 Å². The number of hydrogen-bond donors (Lipinski definition) is 0. The molecule has 0 unspecified atom stereocenters. The quantitative estimate of drug-likeness (QED) is 0.690. The maximum Gasteiger partial charge on any atom is 0.259 e. The Morgan fingerprint density at radius 1 is 1.09 bits per heavy atom. The molecule has 0 N–H and O–H groups in total. The van der Waals surface area contributed by atoms with E-state index < -0.39 is 5.82 Å². The molecule has 0 aliphatic carbocycles. The molecule has 0 saturated carbocycles. The van der Waals surface area contributed by atoms with Gasteiger partial charge >= 0.3 is 0 Å². The lowest BCUT2D eigenvalue weighted by atomic mass is 10.2. The van der Waals surface area contributed by atoms with Gasteiger partial charge in [0.2, 0.25) is 0 Å². The van der Waals surface area contributed by atoms with Crippen LogP contribution < -0.4 is 5.56 Å². The van der Waals surface area contributed by atoms with Gasteiger partial charge in [0.05, 0.1) is 17.1 Å². The SMILES string of the molecule is Cc1nc2cc(C)c(=O)n(-c3ccc(Cl)cc3F)c2nc1C. The summed E-state index contributed by atoms with van der Waals surface area (Å²) in [7, 11) is 0. The number of hydrogen-bond acceptors (Lipinski definition) is 3. The summed E-state index contributed by atoms with van der Waals surface area (Å²) in [5.74, 6) is -0.582. The monoisotopic (exact) mass is 317 g/mol. The van der Waals surface area contributed by atoms with Gasteiger partial charge in [-0.3, -0.25) is 9.36 Å². The number of halogens is 2. The van der Waals surface area contributed by atoms with E-state index in [1.54, 1.807) is 19.9 Å². The van der Waals surface area contributed by atoms with Crippen LogP contribution in [0, 0.1) is 26.6 Å². The number of pyridine rings is 1. The average molecular weight is 318 g/mol. The third kappa shape index (κ3) is 2.27. The van der Waals surface area contributed by atoms with Crippen LogP contribution in [0.25, 0.3) is 16.9 Å². The Kier molecular flexibility index (Phi) is 3.45. The minimum atomic E-state index is -0.582. The van der Waals surface area contributed by atoms with Gasteiger partial charge < -0.3 is 0 Å². The van der Waals surface area contributed by atoms with Crippen LogP contribution in [0.5, 0.6) is 0 Å². The zero-order chi connectivity index (χ0) is 16.0. The Morgan fingerprint density at radius 3 is 2.45 bits per heavy atom. The highest BCUT2D eigenvalue weighted by atomic mass is 35.5. The van der Waals surface area contributed by atoms with Crippen LogP contribution in [0.1, 0.15) is 17.0 Å². The van der Waals surface area contributed by atoms with Crippen LogP contribution in [0.2, 0.25) is 5.02 Å². The molecule has 0 atom stereocenters. The molecule has 6 heteroatoms. The highest BCUT2D eigenvalue weighted by molar-refractivity contribution is 6.30. The van der Waals surface area contributed by atoms with Gasteiger partial charge in [-0.2, -0.15) is 0 Å². The summed E-state index contributed by atoms with van der Waals surface area (Å²) in [6.45, 7) is 5.31. The zero-order valence-corrected chi connectivity index (χ0v) is 13.1. The fraction of sp³-hybridized carbons (Fsp3) is 0.188. The number of aryl methyl sites for hydroxylation is 3. The largest absolute Gasteiger partial charge is 0.269 e. The molecule has 2 heterocycles. The number of nitrogens with zero attached hydrogens (tertiary/aromatic N) is 3. The Balaban J connectivity index is 2.49. The average Bonchev–Trinajstić information content (AvgIpc) is 2.44. The van der Waals surface area contributed by atoms with Crippen molar-refractivity contribution in [2.45, 2.75) is 20.8 Å². The first-order valence-electron chi connectivity index (χ1n) is 6.71. The number of aromatic nitrogens is 3. The van der Waals surface area contributed by atoms with Crippen LogP contribution in [0.3, 0.4) is 0 Å². The van der Waals surface area contributed by atoms with E-state index in [1.807, 2.05) is 6.92 Å². The lowest BCUT2D eigenvalue weighted by Crippen LogP contribution is -2.23. The molecule has 3 rings (SSSR count). The molecule has 1 aromatic carbocycles. The van der Waals surface area contributed by atoms with Gasteiger partial charge in [0, 0.05) is 10.6 Å². The van der Waals surface area contributed by atoms with E-state index >= 15 is 0 Å². The first-order chi connectivity index (χ1) is 10.4. The van der Waals surface area contributed by atoms with Crippen molar-refractivity contribution in [3.8, 4) is 5.69 Å². The zero-order valence-electron chi connectivity index (χ0n) is 12.3. The minimum absolute atomic E-state index is 0.112. The van der Waals surface area contributed by atoms with Crippen LogP contribution >= 0.6 is 11.6 Å². The molecule has 0 fully saturated rings. The van der Waals surface area contributed by atoms with Crippen LogP contribution in [0.4, 0.5) is 4.39 Å². The fourth-order valence-corrected chi connectivity index (χ4v) is 2.45. The summed E-state index contributed by atoms with van der Waals surface area (Å²) in [5.41, 5.74) is 2.60. The highest BCUT2D eigenvalue weighted by Gasteiger charge is 2.15. The molecule has 0 amide bonds. The molecule has 2 aromatic heterocycles. The molecular weight excluding hydrogens is 305 g/mol. The predicted octanol–water partition coefficient (Wildman–Crippen LogP) is 3.50. The minimum Gasteiger partial charge on any atom is -0.269 e. The fourth-order valence-electron chi connectivity index (χ4n) is 2.30. The van der Waals surface area contributed by atoms with Crippen LogP contribution in [-0.2, 0) is 0 Å². The second kappa shape index (κ2) is 5.18. The molecule has 0 saturated heterocycles. The Bertz CT molecular complexity index is 966. The van der Waals surface area contributed by atoms with Crippen molar-refractivity contribution in [2.75, 3.05) is 0 Å². The molecule has 112 valence electrons. The van der Waals surface area contributed by atoms with Crippen molar-refractivity contribution in [2.24, 2.45) is 0 Å². The summed E-state index contributed by atoms with van der Waals surface area (Å²) >= 11 is 5.78. The molecule has 0 spiro atoms. The standard InChI is InChI=1S/C16H13ClFN3O/c1-8-6-13-15(20-10(3)9(2)19-13)21(16(8)22)14-5-4-11(17)7-12(14)18/h4-7H,1-3H3. The number of rotatable bonds is 1. The number of fused-ring (bicyclic) bond motifs is 1. The Morgan fingerprint density at radius 2 is 1.77 bits per heavy atom. The van der Waals surface area contributed by atoms with E-state index in [4.69, 9.17) is 11.6 Å². The molecule has 0 bridgehead atoms. The Hall–Kier alpha value is -2.27. The maximum atomic E-state index is 14.3. The summed E-state index contributed by atoms with van der Waals surface area (Å²) < 4.78 is 15.5. The molecule has 0 radical (unpaired) electrons. The first kappa shape index (κ1) is 14.7. The van der Waals surface area contributed by atoms with Crippen LogP contribution in [-0.4, -0.2) is 14.5 Å². The number of benzene rings is 1. The van der Waals surface area contributed by atoms with Crippen molar-refractivity contribution in [3.05, 3.63) is 62.4 Å².